The topological polar surface area (TPSA) is 35.3 Å². The zero-order chi connectivity index (χ0) is 9.38. The molecule has 0 aliphatic carbocycles. The van der Waals surface area contributed by atoms with E-state index in [2.05, 4.69) is 17.1 Å². The molecule has 0 amide bonds. The lowest BCUT2D eigenvalue weighted by Crippen LogP contribution is -1.96. The van der Waals surface area contributed by atoms with Crippen LogP contribution in [-0.2, 0) is 4.74 Å². The van der Waals surface area contributed by atoms with E-state index in [1.54, 1.807) is 0 Å². The van der Waals surface area contributed by atoms with Gasteiger partial charge in [0, 0.05) is 12.5 Å². The molecule has 0 spiro atoms. The summed E-state index contributed by atoms with van der Waals surface area (Å²) in [5, 5.41) is 0. The number of hydrogen-bond acceptors (Lipinski definition) is 3. The van der Waals surface area contributed by atoms with Gasteiger partial charge >= 0.3 is 0 Å². The molecule has 2 aromatic rings. The van der Waals surface area contributed by atoms with Crippen LogP contribution >= 0.6 is 0 Å². The first-order valence-electron chi connectivity index (χ1n) is 4.84. The second kappa shape index (κ2) is 3.10. The number of aromatic nitrogens is 1. The highest BCUT2D eigenvalue weighted by Crippen LogP contribution is 2.27. The first kappa shape index (κ1) is 8.00. The van der Waals surface area contributed by atoms with Crippen molar-refractivity contribution in [1.82, 2.24) is 4.98 Å². The SMILES string of the molecule is c1nc2cc(C3CCOC3)ccc2o1. The molecule has 0 bridgehead atoms. The molecule has 1 aliphatic heterocycles. The van der Waals surface area contributed by atoms with Crippen LogP contribution in [0.5, 0.6) is 0 Å². The molecule has 0 N–H and O–H groups in total. The summed E-state index contributed by atoms with van der Waals surface area (Å²) in [6.07, 6.45) is 2.60. The predicted molar refractivity (Wildman–Crippen MR) is 52.2 cm³/mol. The number of hydrogen-bond donors (Lipinski definition) is 0. The maximum atomic E-state index is 5.36. The van der Waals surface area contributed by atoms with E-state index in [1.807, 2.05) is 6.07 Å². The average molecular weight is 189 g/mol. The lowest BCUT2D eigenvalue weighted by atomic mass is 9.98. The molecule has 1 fully saturated rings. The molecule has 72 valence electrons. The standard InChI is InChI=1S/C11H11NO2/c1-2-11-10(12-7-14-11)5-8(1)9-3-4-13-6-9/h1-2,5,7,9H,3-4,6H2. The van der Waals surface area contributed by atoms with E-state index in [-0.39, 0.29) is 0 Å². The Labute approximate surface area is 81.7 Å². The Kier molecular flexibility index (Phi) is 1.77. The number of fused-ring (bicyclic) bond motifs is 1. The highest BCUT2D eigenvalue weighted by atomic mass is 16.5. The van der Waals surface area contributed by atoms with Crippen LogP contribution in [0, 0.1) is 0 Å². The Hall–Kier alpha value is -1.35. The monoisotopic (exact) mass is 189 g/mol. The minimum Gasteiger partial charge on any atom is -0.443 e. The summed E-state index contributed by atoms with van der Waals surface area (Å²) in [6, 6.07) is 6.18. The number of ether oxygens (including phenoxy) is 1. The van der Waals surface area contributed by atoms with Crippen molar-refractivity contribution in [2.45, 2.75) is 12.3 Å². The van der Waals surface area contributed by atoms with Crippen LogP contribution in [0.1, 0.15) is 17.9 Å². The molecule has 3 heteroatoms. The van der Waals surface area contributed by atoms with Gasteiger partial charge in [0.2, 0.25) is 0 Å². The Balaban J connectivity index is 2.04. The molecule has 1 unspecified atom stereocenters. The highest BCUT2D eigenvalue weighted by Gasteiger charge is 2.18. The van der Waals surface area contributed by atoms with Crippen LogP contribution in [0.25, 0.3) is 11.1 Å². The average Bonchev–Trinajstić information content (AvgIpc) is 2.88. The van der Waals surface area contributed by atoms with E-state index in [9.17, 15) is 0 Å². The van der Waals surface area contributed by atoms with Gasteiger partial charge in [-0.05, 0) is 24.1 Å². The Morgan fingerprint density at radius 1 is 1.36 bits per heavy atom. The third-order valence-electron chi connectivity index (χ3n) is 2.76. The van der Waals surface area contributed by atoms with Crippen LogP contribution < -0.4 is 0 Å². The molecule has 3 rings (SSSR count). The zero-order valence-corrected chi connectivity index (χ0v) is 7.77. The quantitative estimate of drug-likeness (QED) is 0.690. The normalized spacial score (nSPS) is 21.9. The fraction of sp³-hybridized carbons (Fsp3) is 0.364. The molecule has 1 aliphatic rings. The summed E-state index contributed by atoms with van der Waals surface area (Å²) in [6.45, 7) is 1.71. The largest absolute Gasteiger partial charge is 0.443 e. The fourth-order valence-electron chi connectivity index (χ4n) is 1.93. The van der Waals surface area contributed by atoms with Gasteiger partial charge in [-0.1, -0.05) is 6.07 Å². The third kappa shape index (κ3) is 1.21. The van der Waals surface area contributed by atoms with E-state index in [4.69, 9.17) is 9.15 Å². The Morgan fingerprint density at radius 2 is 2.36 bits per heavy atom. The van der Waals surface area contributed by atoms with Crippen LogP contribution in [0.2, 0.25) is 0 Å². The summed E-state index contributed by atoms with van der Waals surface area (Å²) in [5.74, 6) is 0.538. The van der Waals surface area contributed by atoms with Crippen LogP contribution in [-0.4, -0.2) is 18.2 Å². The van der Waals surface area contributed by atoms with Crippen LogP contribution in [0.3, 0.4) is 0 Å². The van der Waals surface area contributed by atoms with Crippen molar-refractivity contribution >= 4 is 11.1 Å². The van der Waals surface area contributed by atoms with Crippen molar-refractivity contribution < 1.29 is 9.15 Å². The molecule has 1 saturated heterocycles. The Bertz CT molecular complexity index is 443. The first-order chi connectivity index (χ1) is 6.93. The summed E-state index contributed by atoms with van der Waals surface area (Å²) < 4.78 is 10.6. The van der Waals surface area contributed by atoms with Crippen LogP contribution in [0.15, 0.2) is 29.0 Å². The van der Waals surface area contributed by atoms with E-state index < -0.39 is 0 Å². The smallest absolute Gasteiger partial charge is 0.181 e. The molecule has 1 aromatic carbocycles. The van der Waals surface area contributed by atoms with Gasteiger partial charge < -0.3 is 9.15 Å². The maximum absolute atomic E-state index is 5.36. The van der Waals surface area contributed by atoms with Gasteiger partial charge in [-0.3, -0.25) is 0 Å². The molecular weight excluding hydrogens is 178 g/mol. The number of rotatable bonds is 1. The molecular formula is C11H11NO2. The molecule has 0 radical (unpaired) electrons. The van der Waals surface area contributed by atoms with Gasteiger partial charge in [0.15, 0.2) is 12.0 Å². The van der Waals surface area contributed by atoms with Gasteiger partial charge in [0.1, 0.15) is 5.52 Å². The zero-order valence-electron chi connectivity index (χ0n) is 7.77. The minimum atomic E-state index is 0.538. The van der Waals surface area contributed by atoms with Crippen molar-refractivity contribution in [2.75, 3.05) is 13.2 Å². The van der Waals surface area contributed by atoms with Gasteiger partial charge in [-0.2, -0.15) is 0 Å². The molecule has 1 aromatic heterocycles. The number of benzene rings is 1. The molecule has 3 nitrogen and oxygen atoms in total. The van der Waals surface area contributed by atoms with Gasteiger partial charge in [0.25, 0.3) is 0 Å². The van der Waals surface area contributed by atoms with Gasteiger partial charge in [-0.25, -0.2) is 4.98 Å². The maximum Gasteiger partial charge on any atom is 0.181 e. The first-order valence-corrected chi connectivity index (χ1v) is 4.84. The second-order valence-electron chi connectivity index (χ2n) is 3.64. The summed E-state index contributed by atoms with van der Waals surface area (Å²) in [5.41, 5.74) is 3.10. The van der Waals surface area contributed by atoms with Crippen molar-refractivity contribution in [1.29, 1.82) is 0 Å². The highest BCUT2D eigenvalue weighted by molar-refractivity contribution is 5.73. The lowest BCUT2D eigenvalue weighted by molar-refractivity contribution is 0.194. The molecule has 14 heavy (non-hydrogen) atoms. The van der Waals surface area contributed by atoms with Crippen molar-refractivity contribution in [3.63, 3.8) is 0 Å². The number of oxazole rings is 1. The van der Waals surface area contributed by atoms with Crippen molar-refractivity contribution in [2.24, 2.45) is 0 Å². The summed E-state index contributed by atoms with van der Waals surface area (Å²) >= 11 is 0. The van der Waals surface area contributed by atoms with Gasteiger partial charge in [-0.15, -0.1) is 0 Å². The molecule has 2 heterocycles. The number of nitrogens with zero attached hydrogens (tertiary/aromatic N) is 1. The van der Waals surface area contributed by atoms with E-state index in [1.165, 1.54) is 12.0 Å². The fourth-order valence-corrected chi connectivity index (χ4v) is 1.93. The van der Waals surface area contributed by atoms with Gasteiger partial charge in [0.05, 0.1) is 6.61 Å². The predicted octanol–water partition coefficient (Wildman–Crippen LogP) is 2.33. The minimum absolute atomic E-state index is 0.538. The van der Waals surface area contributed by atoms with Crippen molar-refractivity contribution in [3.05, 3.63) is 30.2 Å². The van der Waals surface area contributed by atoms with Crippen molar-refractivity contribution in [3.8, 4) is 0 Å². The van der Waals surface area contributed by atoms with E-state index >= 15 is 0 Å². The third-order valence-corrected chi connectivity index (χ3v) is 2.76. The molecule has 0 saturated carbocycles. The summed E-state index contributed by atoms with van der Waals surface area (Å²) in [4.78, 5) is 4.14. The van der Waals surface area contributed by atoms with Crippen LogP contribution in [0.4, 0.5) is 0 Å². The lowest BCUT2D eigenvalue weighted by Gasteiger charge is -2.06. The second-order valence-corrected chi connectivity index (χ2v) is 3.64. The Morgan fingerprint density at radius 3 is 3.21 bits per heavy atom. The van der Waals surface area contributed by atoms with E-state index in [0.29, 0.717) is 5.92 Å². The van der Waals surface area contributed by atoms with E-state index in [0.717, 1.165) is 30.7 Å². The molecule has 1 atom stereocenters. The summed E-state index contributed by atoms with van der Waals surface area (Å²) in [7, 11) is 0.